The Balaban J connectivity index is 1.89. The number of allylic oxidation sites excluding steroid dienone is 1. The lowest BCUT2D eigenvalue weighted by molar-refractivity contribution is 0.824. The molecule has 0 fully saturated rings. The van der Waals surface area contributed by atoms with Gasteiger partial charge in [-0.15, -0.1) is 0 Å². The quantitative estimate of drug-likeness (QED) is 0.731. The summed E-state index contributed by atoms with van der Waals surface area (Å²) in [6.45, 7) is 0.699. The molecule has 17 heavy (non-hydrogen) atoms. The van der Waals surface area contributed by atoms with Gasteiger partial charge in [0.15, 0.2) is 5.84 Å². The largest absolute Gasteiger partial charge is 0.387 e. The van der Waals surface area contributed by atoms with E-state index >= 15 is 0 Å². The zero-order chi connectivity index (χ0) is 11.8. The number of amidine groups is 3. The summed E-state index contributed by atoms with van der Waals surface area (Å²) in [5.41, 5.74) is 6.77. The average molecular weight is 250 g/mol. The smallest absolute Gasteiger partial charge is 0.154 e. The normalized spacial score (nSPS) is 27.1. The van der Waals surface area contributed by atoms with E-state index in [1.165, 1.54) is 0 Å². The summed E-state index contributed by atoms with van der Waals surface area (Å²) in [6, 6.07) is 0. The van der Waals surface area contributed by atoms with E-state index in [1.807, 2.05) is 6.20 Å². The number of rotatable bonds is 1. The van der Waals surface area contributed by atoms with Crippen molar-refractivity contribution in [3.63, 3.8) is 0 Å². The predicted molar refractivity (Wildman–Crippen MR) is 69.2 cm³/mol. The Hall–Kier alpha value is -1.62. The Morgan fingerprint density at radius 2 is 2.35 bits per heavy atom. The van der Waals surface area contributed by atoms with Gasteiger partial charge in [-0.3, -0.25) is 4.99 Å². The van der Waals surface area contributed by atoms with E-state index < -0.39 is 0 Å². The van der Waals surface area contributed by atoms with Crippen LogP contribution in [0.15, 0.2) is 38.0 Å². The molecule has 1 atom stereocenters. The van der Waals surface area contributed by atoms with Crippen LogP contribution < -0.4 is 11.1 Å². The molecule has 0 aromatic rings. The summed E-state index contributed by atoms with van der Waals surface area (Å²) >= 11 is 6.01. The fourth-order valence-corrected chi connectivity index (χ4v) is 2.30. The highest BCUT2D eigenvalue weighted by Crippen LogP contribution is 2.31. The molecule has 1 unspecified atom stereocenters. The Labute approximate surface area is 104 Å². The fraction of sp³-hybridized carbons (Fsp3) is 0.364. The zero-order valence-corrected chi connectivity index (χ0v) is 9.91. The first-order valence-electron chi connectivity index (χ1n) is 5.51. The SMILES string of the molecule is NC1=NC(C2=CNC3=NC=C(Cl)CC23)=NCC1. The monoisotopic (exact) mass is 249 g/mol. The van der Waals surface area contributed by atoms with Crippen molar-refractivity contribution in [2.24, 2.45) is 26.6 Å². The lowest BCUT2D eigenvalue weighted by atomic mass is 9.95. The highest BCUT2D eigenvalue weighted by Gasteiger charge is 2.32. The predicted octanol–water partition coefficient (Wildman–Crippen LogP) is 1.13. The first kappa shape index (κ1) is 10.5. The van der Waals surface area contributed by atoms with E-state index in [0.717, 1.165) is 29.3 Å². The first-order valence-corrected chi connectivity index (χ1v) is 5.88. The van der Waals surface area contributed by atoms with Gasteiger partial charge in [-0.25, -0.2) is 9.98 Å². The molecular formula is C11H12ClN5. The van der Waals surface area contributed by atoms with Crippen LogP contribution in [0.25, 0.3) is 0 Å². The molecule has 3 N–H and O–H groups in total. The lowest BCUT2D eigenvalue weighted by Gasteiger charge is -2.18. The van der Waals surface area contributed by atoms with E-state index in [-0.39, 0.29) is 5.92 Å². The molecule has 0 radical (unpaired) electrons. The Kier molecular flexibility index (Phi) is 2.48. The van der Waals surface area contributed by atoms with Gasteiger partial charge in [0.1, 0.15) is 11.7 Å². The van der Waals surface area contributed by atoms with Gasteiger partial charge >= 0.3 is 0 Å². The number of halogens is 1. The van der Waals surface area contributed by atoms with Crippen molar-refractivity contribution in [2.75, 3.05) is 6.54 Å². The molecule has 3 rings (SSSR count). The molecule has 0 aromatic carbocycles. The molecule has 5 nitrogen and oxygen atoms in total. The van der Waals surface area contributed by atoms with E-state index in [1.54, 1.807) is 6.20 Å². The number of hydrogen-bond acceptors (Lipinski definition) is 5. The summed E-state index contributed by atoms with van der Waals surface area (Å²) in [5, 5.41) is 3.89. The summed E-state index contributed by atoms with van der Waals surface area (Å²) in [6.07, 6.45) is 5.05. The van der Waals surface area contributed by atoms with E-state index in [0.29, 0.717) is 18.2 Å². The van der Waals surface area contributed by atoms with Crippen molar-refractivity contribution >= 4 is 29.1 Å². The van der Waals surface area contributed by atoms with Gasteiger partial charge in [-0.1, -0.05) is 11.6 Å². The molecular weight excluding hydrogens is 238 g/mol. The minimum Gasteiger partial charge on any atom is -0.387 e. The van der Waals surface area contributed by atoms with Crippen molar-refractivity contribution in [3.05, 3.63) is 23.0 Å². The highest BCUT2D eigenvalue weighted by molar-refractivity contribution is 6.30. The Morgan fingerprint density at radius 1 is 1.47 bits per heavy atom. The van der Waals surface area contributed by atoms with Gasteiger partial charge in [0.2, 0.25) is 0 Å². The number of hydrogen-bond donors (Lipinski definition) is 2. The molecule has 3 heterocycles. The Morgan fingerprint density at radius 3 is 3.18 bits per heavy atom. The van der Waals surface area contributed by atoms with Gasteiger partial charge in [0, 0.05) is 36.0 Å². The van der Waals surface area contributed by atoms with E-state index in [4.69, 9.17) is 17.3 Å². The number of nitrogens with two attached hydrogens (primary N) is 1. The minimum absolute atomic E-state index is 0.140. The van der Waals surface area contributed by atoms with E-state index in [2.05, 4.69) is 20.3 Å². The molecule has 3 aliphatic rings. The standard InChI is InChI=1S/C11H12ClN5/c12-6-3-7-8(5-16-10(7)15-4-6)11-14-2-1-9(13)17-11/h4-5,7H,1-3H2,(H,15,16)(H2,13,14,17). The maximum absolute atomic E-state index is 6.01. The molecule has 0 saturated carbocycles. The van der Waals surface area contributed by atoms with Crippen LogP contribution in [-0.2, 0) is 0 Å². The lowest BCUT2D eigenvalue weighted by Crippen LogP contribution is -2.26. The van der Waals surface area contributed by atoms with Gasteiger partial charge in [-0.2, -0.15) is 0 Å². The van der Waals surface area contributed by atoms with Gasteiger partial charge in [0.05, 0.1) is 5.92 Å². The molecule has 6 heteroatoms. The fourth-order valence-electron chi connectivity index (χ4n) is 2.10. The van der Waals surface area contributed by atoms with Crippen LogP contribution >= 0.6 is 11.6 Å². The highest BCUT2D eigenvalue weighted by atomic mass is 35.5. The first-order chi connectivity index (χ1) is 8.24. The molecule has 0 aliphatic carbocycles. The molecule has 0 aromatic heterocycles. The van der Waals surface area contributed by atoms with E-state index in [9.17, 15) is 0 Å². The third-order valence-corrected chi connectivity index (χ3v) is 3.21. The maximum Gasteiger partial charge on any atom is 0.154 e. The second-order valence-corrected chi connectivity index (χ2v) is 4.63. The van der Waals surface area contributed by atoms with Crippen molar-refractivity contribution < 1.29 is 0 Å². The summed E-state index contributed by atoms with van der Waals surface area (Å²) in [4.78, 5) is 13.0. The third-order valence-electron chi connectivity index (χ3n) is 2.96. The Bertz CT molecular complexity index is 512. The minimum atomic E-state index is 0.140. The number of aliphatic imine (C=N–C) groups is 3. The van der Waals surface area contributed by atoms with Crippen molar-refractivity contribution in [1.82, 2.24) is 5.32 Å². The van der Waals surface area contributed by atoms with Crippen LogP contribution in [0.4, 0.5) is 0 Å². The topological polar surface area (TPSA) is 75.1 Å². The third kappa shape index (κ3) is 1.86. The zero-order valence-electron chi connectivity index (χ0n) is 9.15. The van der Waals surface area contributed by atoms with Gasteiger partial charge < -0.3 is 11.1 Å². The van der Waals surface area contributed by atoms with Crippen LogP contribution in [-0.4, -0.2) is 24.1 Å². The molecule has 0 amide bonds. The maximum atomic E-state index is 6.01. The average Bonchev–Trinajstić information content (AvgIpc) is 2.71. The second kappa shape index (κ2) is 4.00. The van der Waals surface area contributed by atoms with Crippen molar-refractivity contribution in [3.8, 4) is 0 Å². The molecule has 0 bridgehead atoms. The number of nitrogens with zero attached hydrogens (tertiary/aromatic N) is 3. The summed E-state index contributed by atoms with van der Waals surface area (Å²) in [7, 11) is 0. The van der Waals surface area contributed by atoms with Gasteiger partial charge in [0.25, 0.3) is 0 Å². The molecule has 3 aliphatic heterocycles. The van der Waals surface area contributed by atoms with Crippen LogP contribution in [0.1, 0.15) is 12.8 Å². The number of fused-ring (bicyclic) bond motifs is 1. The number of nitrogens with one attached hydrogen (secondary N) is 1. The van der Waals surface area contributed by atoms with Crippen LogP contribution in [0, 0.1) is 5.92 Å². The van der Waals surface area contributed by atoms with Crippen LogP contribution in [0.5, 0.6) is 0 Å². The van der Waals surface area contributed by atoms with Gasteiger partial charge in [-0.05, 0) is 6.42 Å². The van der Waals surface area contributed by atoms with Crippen molar-refractivity contribution in [1.29, 1.82) is 0 Å². The molecule has 88 valence electrons. The summed E-state index contributed by atoms with van der Waals surface area (Å²) in [5.74, 6) is 2.40. The summed E-state index contributed by atoms with van der Waals surface area (Å²) < 4.78 is 0. The molecule has 0 saturated heterocycles. The van der Waals surface area contributed by atoms with Crippen LogP contribution in [0.3, 0.4) is 0 Å². The molecule has 0 spiro atoms. The van der Waals surface area contributed by atoms with Crippen molar-refractivity contribution in [2.45, 2.75) is 12.8 Å². The second-order valence-electron chi connectivity index (χ2n) is 4.15. The van der Waals surface area contributed by atoms with Crippen LogP contribution in [0.2, 0.25) is 0 Å².